The summed E-state index contributed by atoms with van der Waals surface area (Å²) in [7, 11) is 1.55. The van der Waals surface area contributed by atoms with E-state index in [1.807, 2.05) is 6.92 Å². The molecule has 1 amide bonds. The highest BCUT2D eigenvalue weighted by Crippen LogP contribution is 2.32. The van der Waals surface area contributed by atoms with E-state index in [1.165, 1.54) is 0 Å². The summed E-state index contributed by atoms with van der Waals surface area (Å²) >= 11 is 0. The summed E-state index contributed by atoms with van der Waals surface area (Å²) in [6, 6.07) is 15.2. The van der Waals surface area contributed by atoms with E-state index >= 15 is 0 Å². The molecular weight excluding hydrogens is 406 g/mol. The number of amides is 1. The Morgan fingerprint density at radius 1 is 0.969 bits per heavy atom. The maximum atomic E-state index is 13.4. The summed E-state index contributed by atoms with van der Waals surface area (Å²) in [5, 5.41) is 2.84. The van der Waals surface area contributed by atoms with Crippen LogP contribution < -0.4 is 10.1 Å². The van der Waals surface area contributed by atoms with Crippen molar-refractivity contribution in [3.8, 4) is 5.75 Å². The second-order valence-electron chi connectivity index (χ2n) is 7.42. The van der Waals surface area contributed by atoms with E-state index < -0.39 is 5.91 Å². The number of hydrogen-bond acceptors (Lipinski definition) is 5. The third-order valence-electron chi connectivity index (χ3n) is 5.66. The number of fused-ring (bicyclic) bond motifs is 3. The van der Waals surface area contributed by atoms with Crippen molar-refractivity contribution in [2.24, 2.45) is 0 Å². The fourth-order valence-electron chi connectivity index (χ4n) is 4.17. The third kappa shape index (κ3) is 2.82. The highest BCUT2D eigenvalue weighted by atomic mass is 16.5. The average Bonchev–Trinajstić information content (AvgIpc) is 3.21. The summed E-state index contributed by atoms with van der Waals surface area (Å²) in [5.74, 6) is -0.396. The van der Waals surface area contributed by atoms with Crippen molar-refractivity contribution < 1.29 is 19.1 Å². The number of aryl methyl sites for hydroxylation is 1. The smallest absolute Gasteiger partial charge is 0.274 e. The van der Waals surface area contributed by atoms with Crippen molar-refractivity contribution in [2.45, 2.75) is 13.3 Å². The minimum absolute atomic E-state index is 0.203. The first-order chi connectivity index (χ1) is 15.5. The first kappa shape index (κ1) is 19.7. The minimum Gasteiger partial charge on any atom is -0.493 e. The largest absolute Gasteiger partial charge is 0.493 e. The number of benzene rings is 2. The predicted molar refractivity (Wildman–Crippen MR) is 119 cm³/mol. The first-order valence-electron chi connectivity index (χ1n) is 10.2. The van der Waals surface area contributed by atoms with E-state index in [1.54, 1.807) is 72.3 Å². The topological polar surface area (TPSA) is 89.8 Å². The quantitative estimate of drug-likeness (QED) is 0.471. The maximum absolute atomic E-state index is 13.4. The number of nitrogens with zero attached hydrogens (tertiary/aromatic N) is 2. The van der Waals surface area contributed by atoms with Crippen LogP contribution in [0.5, 0.6) is 5.75 Å². The molecule has 7 heteroatoms. The van der Waals surface area contributed by atoms with E-state index in [0.29, 0.717) is 46.0 Å². The Morgan fingerprint density at radius 2 is 1.69 bits per heavy atom. The number of carbonyl (C=O) groups is 3. The fraction of sp³-hybridized carbons (Fsp3) is 0.120. The maximum Gasteiger partial charge on any atom is 0.274 e. The van der Waals surface area contributed by atoms with Crippen LogP contribution in [0.2, 0.25) is 0 Å². The minimum atomic E-state index is -0.421. The first-order valence-corrected chi connectivity index (χ1v) is 10.2. The molecule has 1 aliphatic rings. The van der Waals surface area contributed by atoms with E-state index in [9.17, 15) is 14.4 Å². The van der Waals surface area contributed by atoms with Gasteiger partial charge in [0.15, 0.2) is 23.0 Å². The number of methoxy groups -OCH3 is 1. The molecule has 1 N–H and O–H groups in total. The van der Waals surface area contributed by atoms with Crippen LogP contribution in [0.25, 0.3) is 5.65 Å². The summed E-state index contributed by atoms with van der Waals surface area (Å²) in [6.07, 6.45) is 2.27. The van der Waals surface area contributed by atoms with E-state index in [4.69, 9.17) is 4.74 Å². The normalized spacial score (nSPS) is 12.4. The number of carbonyl (C=O) groups excluding carboxylic acids is 3. The Kier molecular flexibility index (Phi) is 4.59. The summed E-state index contributed by atoms with van der Waals surface area (Å²) in [5.41, 5.74) is 2.97. The molecule has 2 heterocycles. The van der Waals surface area contributed by atoms with Crippen LogP contribution in [0.3, 0.4) is 0 Å². The van der Waals surface area contributed by atoms with Crippen molar-refractivity contribution in [3.63, 3.8) is 0 Å². The van der Waals surface area contributed by atoms with Crippen LogP contribution in [-0.4, -0.2) is 34.0 Å². The van der Waals surface area contributed by atoms with Gasteiger partial charge in [-0.15, -0.1) is 0 Å². The molecule has 5 rings (SSSR count). The molecule has 0 spiro atoms. The van der Waals surface area contributed by atoms with Gasteiger partial charge in [-0.2, -0.15) is 0 Å². The van der Waals surface area contributed by atoms with Gasteiger partial charge in [-0.1, -0.05) is 43.3 Å². The standard InChI is InChI=1S/C25H19N3O4/c1-3-17-21(28-13-7-12-19(32-2)24(28)26-17)25(31)27-18-11-6-10-16-20(18)23(30)15-9-5-4-8-14(15)22(16)29/h4-13H,3H2,1-2H3,(H,27,31). The number of aromatic nitrogens is 2. The lowest BCUT2D eigenvalue weighted by atomic mass is 9.83. The van der Waals surface area contributed by atoms with Crippen LogP contribution in [0.1, 0.15) is 54.9 Å². The highest BCUT2D eigenvalue weighted by Gasteiger charge is 2.32. The lowest BCUT2D eigenvalue weighted by Crippen LogP contribution is -2.24. The molecule has 32 heavy (non-hydrogen) atoms. The molecule has 1 aliphatic carbocycles. The van der Waals surface area contributed by atoms with Crippen LogP contribution in [0.4, 0.5) is 5.69 Å². The molecule has 2 aromatic carbocycles. The molecule has 0 saturated heterocycles. The zero-order valence-corrected chi connectivity index (χ0v) is 17.5. The SMILES string of the molecule is CCc1nc2c(OC)cccn2c1C(=O)Nc1cccc2c1C(=O)c1ccccc1C2=O. The monoisotopic (exact) mass is 425 g/mol. The van der Waals surface area contributed by atoms with Gasteiger partial charge in [0.05, 0.1) is 24.1 Å². The molecule has 4 aromatic rings. The third-order valence-corrected chi connectivity index (χ3v) is 5.66. The van der Waals surface area contributed by atoms with Gasteiger partial charge in [0.25, 0.3) is 5.91 Å². The van der Waals surface area contributed by atoms with Gasteiger partial charge < -0.3 is 10.1 Å². The number of nitrogens with one attached hydrogen (secondary N) is 1. The molecule has 7 nitrogen and oxygen atoms in total. The van der Waals surface area contributed by atoms with Gasteiger partial charge in [-0.25, -0.2) is 4.98 Å². The highest BCUT2D eigenvalue weighted by molar-refractivity contribution is 6.30. The molecule has 0 aliphatic heterocycles. The van der Waals surface area contributed by atoms with Crippen LogP contribution in [0.15, 0.2) is 60.8 Å². The summed E-state index contributed by atoms with van der Waals surface area (Å²) in [4.78, 5) is 44.1. The number of ketones is 2. The zero-order chi connectivity index (χ0) is 22.4. The molecule has 0 saturated carbocycles. The number of rotatable bonds is 4. The van der Waals surface area contributed by atoms with Crippen LogP contribution in [-0.2, 0) is 6.42 Å². The molecule has 0 fully saturated rings. The van der Waals surface area contributed by atoms with Crippen molar-refractivity contribution in [1.82, 2.24) is 9.38 Å². The van der Waals surface area contributed by atoms with Gasteiger partial charge in [0.1, 0.15) is 5.69 Å². The predicted octanol–water partition coefficient (Wildman–Crippen LogP) is 3.93. The molecular formula is C25H19N3O4. The van der Waals surface area contributed by atoms with Gasteiger partial charge >= 0.3 is 0 Å². The molecule has 0 atom stereocenters. The Hall–Kier alpha value is -4.26. The lowest BCUT2D eigenvalue weighted by molar-refractivity contribution is 0.0978. The van der Waals surface area contributed by atoms with Crippen LogP contribution in [0, 0.1) is 0 Å². The second-order valence-corrected chi connectivity index (χ2v) is 7.42. The lowest BCUT2D eigenvalue weighted by Gasteiger charge is -2.20. The van der Waals surface area contributed by atoms with Gasteiger partial charge in [-0.3, -0.25) is 18.8 Å². The Bertz CT molecular complexity index is 1430. The zero-order valence-electron chi connectivity index (χ0n) is 17.5. The van der Waals surface area contributed by atoms with Crippen LogP contribution >= 0.6 is 0 Å². The van der Waals surface area contributed by atoms with Crippen molar-refractivity contribution in [2.75, 3.05) is 12.4 Å². The Balaban J connectivity index is 1.61. The van der Waals surface area contributed by atoms with E-state index in [2.05, 4.69) is 10.3 Å². The molecule has 0 radical (unpaired) electrons. The average molecular weight is 425 g/mol. The molecule has 158 valence electrons. The van der Waals surface area contributed by atoms with Gasteiger partial charge in [-0.05, 0) is 24.6 Å². The number of anilines is 1. The summed E-state index contributed by atoms with van der Waals surface area (Å²) in [6.45, 7) is 1.91. The van der Waals surface area contributed by atoms with Crippen molar-refractivity contribution >= 4 is 28.8 Å². The van der Waals surface area contributed by atoms with E-state index in [0.717, 1.165) is 0 Å². The Morgan fingerprint density at radius 3 is 2.41 bits per heavy atom. The van der Waals surface area contributed by atoms with Crippen molar-refractivity contribution in [3.05, 3.63) is 94.4 Å². The molecule has 2 aromatic heterocycles. The number of imidazole rings is 1. The molecule has 0 unspecified atom stereocenters. The fourth-order valence-corrected chi connectivity index (χ4v) is 4.17. The van der Waals surface area contributed by atoms with Gasteiger partial charge in [0.2, 0.25) is 0 Å². The number of hydrogen-bond donors (Lipinski definition) is 1. The van der Waals surface area contributed by atoms with E-state index in [-0.39, 0.29) is 22.7 Å². The number of pyridine rings is 1. The van der Waals surface area contributed by atoms with Gasteiger partial charge in [0, 0.05) is 22.9 Å². The molecule has 0 bridgehead atoms. The summed E-state index contributed by atoms with van der Waals surface area (Å²) < 4.78 is 7.05. The number of ether oxygens (including phenoxy) is 1. The Labute approximate surface area is 183 Å². The second kappa shape index (κ2) is 7.46. The van der Waals surface area contributed by atoms with Crippen molar-refractivity contribution in [1.29, 1.82) is 0 Å².